The van der Waals surface area contributed by atoms with Gasteiger partial charge in [-0.25, -0.2) is 9.79 Å². The van der Waals surface area contributed by atoms with Crippen LogP contribution in [0.2, 0.25) is 10.0 Å². The fourth-order valence-corrected chi connectivity index (χ4v) is 5.31. The summed E-state index contributed by atoms with van der Waals surface area (Å²) in [6.45, 7) is 0.224. The van der Waals surface area contributed by atoms with E-state index in [-0.39, 0.29) is 28.0 Å². The third-order valence-corrected chi connectivity index (χ3v) is 7.34. The molecule has 0 aromatic heterocycles. The molecule has 0 bridgehead atoms. The molecule has 3 aromatic rings. The van der Waals surface area contributed by atoms with Crippen molar-refractivity contribution < 1.29 is 24.6 Å². The number of nitrogens with two attached hydrogens (primary N) is 2. The molecule has 0 fully saturated rings. The van der Waals surface area contributed by atoms with Gasteiger partial charge in [-0.3, -0.25) is 9.59 Å². The van der Waals surface area contributed by atoms with E-state index >= 15 is 0 Å². The minimum absolute atomic E-state index is 0.00574. The number of aliphatic imine (C=N–C) groups is 1. The highest BCUT2D eigenvalue weighted by Gasteiger charge is 2.39. The van der Waals surface area contributed by atoms with E-state index in [1.54, 1.807) is 0 Å². The molecule has 0 saturated heterocycles. The number of halogens is 2. The van der Waals surface area contributed by atoms with Crippen molar-refractivity contribution in [3.05, 3.63) is 81.8 Å². The van der Waals surface area contributed by atoms with E-state index in [0.29, 0.717) is 24.3 Å². The van der Waals surface area contributed by atoms with Gasteiger partial charge in [-0.2, -0.15) is 0 Å². The first kappa shape index (κ1) is 30.6. The number of benzene rings is 3. The maximum absolute atomic E-state index is 13.0. The van der Waals surface area contributed by atoms with Crippen LogP contribution in [0.25, 0.3) is 11.1 Å². The van der Waals surface area contributed by atoms with E-state index in [2.05, 4.69) is 10.3 Å². The van der Waals surface area contributed by atoms with Crippen molar-refractivity contribution >= 4 is 58.3 Å². The number of nitrogens with one attached hydrogen (secondary N) is 2. The first-order valence-corrected chi connectivity index (χ1v) is 13.8. The molecule has 11 nitrogen and oxygen atoms in total. The van der Waals surface area contributed by atoms with E-state index in [9.17, 15) is 24.6 Å². The molecule has 13 heteroatoms. The van der Waals surface area contributed by atoms with Crippen LogP contribution in [-0.4, -0.2) is 59.3 Å². The van der Waals surface area contributed by atoms with Crippen molar-refractivity contribution in [2.75, 3.05) is 24.5 Å². The Morgan fingerprint density at radius 3 is 2.33 bits per heavy atom. The molecule has 3 aromatic carbocycles. The number of anilines is 1. The number of nitrogens with zero attached hydrogens (tertiary/aromatic N) is 2. The van der Waals surface area contributed by atoms with Crippen LogP contribution in [0.5, 0.6) is 0 Å². The highest BCUT2D eigenvalue weighted by Crippen LogP contribution is 2.33. The van der Waals surface area contributed by atoms with Gasteiger partial charge in [0.15, 0.2) is 5.96 Å². The minimum Gasteiger partial charge on any atom is -0.478 e. The lowest BCUT2D eigenvalue weighted by atomic mass is 10.0. The van der Waals surface area contributed by atoms with Gasteiger partial charge in [-0.05, 0) is 53.8 Å². The summed E-state index contributed by atoms with van der Waals surface area (Å²) in [7, 11) is 0. The van der Waals surface area contributed by atoms with Crippen molar-refractivity contribution in [1.82, 2.24) is 10.6 Å². The summed E-state index contributed by atoms with van der Waals surface area (Å²) in [4.78, 5) is 43.7. The summed E-state index contributed by atoms with van der Waals surface area (Å²) in [6, 6.07) is 17.8. The molecular weight excluding hydrogens is 583 g/mol. The SMILES string of the molecule is NC(N)=Nc1ccc2c(c1)N(CCC(=O)NCC(O)(NC(=O)c1c(Cl)cc(-c3ccccc3)cc1Cl)C(=O)O)CCC2. The molecular formula is C29H30Cl2N6O5. The second-order valence-corrected chi connectivity index (χ2v) is 10.6. The predicted octanol–water partition coefficient (Wildman–Crippen LogP) is 3.03. The Hall–Kier alpha value is -4.32. The molecule has 0 radical (unpaired) electrons. The lowest BCUT2D eigenvalue weighted by Gasteiger charge is -2.31. The van der Waals surface area contributed by atoms with Crippen LogP contribution in [0, 0.1) is 0 Å². The Balaban J connectivity index is 1.39. The quantitative estimate of drug-likeness (QED) is 0.115. The third kappa shape index (κ3) is 7.30. The van der Waals surface area contributed by atoms with Gasteiger partial charge in [0.2, 0.25) is 5.91 Å². The Kier molecular flexibility index (Phi) is 9.56. The number of aliphatic carboxylic acids is 1. The lowest BCUT2D eigenvalue weighted by Crippen LogP contribution is -2.61. The summed E-state index contributed by atoms with van der Waals surface area (Å²) < 4.78 is 0. The number of fused-ring (bicyclic) bond motifs is 1. The highest BCUT2D eigenvalue weighted by atomic mass is 35.5. The fourth-order valence-electron chi connectivity index (χ4n) is 4.65. The van der Waals surface area contributed by atoms with Crippen LogP contribution < -0.4 is 27.0 Å². The summed E-state index contributed by atoms with van der Waals surface area (Å²) in [5.74, 6) is -3.39. The number of carboxylic acids is 1. The molecule has 1 aliphatic rings. The number of aliphatic hydroxyl groups is 1. The minimum atomic E-state index is -2.83. The van der Waals surface area contributed by atoms with Crippen molar-refractivity contribution in [3.8, 4) is 11.1 Å². The van der Waals surface area contributed by atoms with Gasteiger partial charge in [0.05, 0.1) is 27.8 Å². The number of hydrogen-bond acceptors (Lipinski definition) is 6. The zero-order chi connectivity index (χ0) is 30.4. The molecule has 1 unspecified atom stereocenters. The Bertz CT molecular complexity index is 1510. The molecule has 1 atom stereocenters. The van der Waals surface area contributed by atoms with Crippen molar-refractivity contribution in [3.63, 3.8) is 0 Å². The second kappa shape index (κ2) is 13.1. The van der Waals surface area contributed by atoms with Gasteiger partial charge in [-0.1, -0.05) is 59.6 Å². The maximum Gasteiger partial charge on any atom is 0.359 e. The number of hydrogen-bond donors (Lipinski definition) is 6. The van der Waals surface area contributed by atoms with Crippen molar-refractivity contribution in [2.24, 2.45) is 16.5 Å². The van der Waals surface area contributed by atoms with Gasteiger partial charge in [-0.15, -0.1) is 0 Å². The number of carbonyl (C=O) groups is 3. The van der Waals surface area contributed by atoms with Gasteiger partial charge >= 0.3 is 5.97 Å². The van der Waals surface area contributed by atoms with Crippen molar-refractivity contribution in [1.29, 1.82) is 0 Å². The molecule has 2 amide bonds. The monoisotopic (exact) mass is 612 g/mol. The normalized spacial score (nSPS) is 13.8. The Morgan fingerprint density at radius 1 is 1.00 bits per heavy atom. The molecule has 8 N–H and O–H groups in total. The fraction of sp³-hybridized carbons (Fsp3) is 0.241. The van der Waals surface area contributed by atoms with Gasteiger partial charge in [0.25, 0.3) is 11.6 Å². The maximum atomic E-state index is 13.0. The molecule has 0 spiro atoms. The Labute approximate surface area is 252 Å². The molecule has 4 rings (SSSR count). The molecule has 220 valence electrons. The smallest absolute Gasteiger partial charge is 0.359 e. The largest absolute Gasteiger partial charge is 0.478 e. The number of guanidine groups is 1. The van der Waals surface area contributed by atoms with E-state index in [1.807, 2.05) is 58.7 Å². The van der Waals surface area contributed by atoms with Gasteiger partial charge < -0.3 is 37.2 Å². The van der Waals surface area contributed by atoms with Crippen LogP contribution in [0.3, 0.4) is 0 Å². The zero-order valence-electron chi connectivity index (χ0n) is 22.4. The first-order chi connectivity index (χ1) is 20.0. The van der Waals surface area contributed by atoms with Gasteiger partial charge in [0.1, 0.15) is 0 Å². The molecule has 0 aliphatic carbocycles. The molecule has 42 heavy (non-hydrogen) atoms. The lowest BCUT2D eigenvalue weighted by molar-refractivity contribution is -0.160. The molecule has 0 saturated carbocycles. The van der Waals surface area contributed by atoms with Crippen LogP contribution in [0.1, 0.15) is 28.8 Å². The van der Waals surface area contributed by atoms with E-state index in [1.165, 1.54) is 12.1 Å². The molecule has 1 aliphatic heterocycles. The first-order valence-electron chi connectivity index (χ1n) is 13.0. The van der Waals surface area contributed by atoms with Crippen LogP contribution >= 0.6 is 23.2 Å². The van der Waals surface area contributed by atoms with Gasteiger partial charge in [0, 0.05) is 25.2 Å². The number of carbonyl (C=O) groups excluding carboxylic acids is 2. The number of aryl methyl sites for hydroxylation is 1. The van der Waals surface area contributed by atoms with E-state index in [0.717, 1.165) is 29.7 Å². The highest BCUT2D eigenvalue weighted by molar-refractivity contribution is 6.40. The summed E-state index contributed by atoms with van der Waals surface area (Å²) >= 11 is 12.7. The predicted molar refractivity (Wildman–Crippen MR) is 162 cm³/mol. The van der Waals surface area contributed by atoms with Crippen LogP contribution in [0.4, 0.5) is 11.4 Å². The van der Waals surface area contributed by atoms with Crippen LogP contribution in [-0.2, 0) is 16.0 Å². The number of amides is 2. The topological polar surface area (TPSA) is 183 Å². The molecule has 1 heterocycles. The average Bonchev–Trinajstić information content (AvgIpc) is 2.94. The summed E-state index contributed by atoms with van der Waals surface area (Å²) in [6.07, 6.45) is 1.75. The zero-order valence-corrected chi connectivity index (χ0v) is 24.0. The summed E-state index contributed by atoms with van der Waals surface area (Å²) in [5.41, 5.74) is 12.0. The van der Waals surface area contributed by atoms with E-state index in [4.69, 9.17) is 34.7 Å². The average molecular weight is 614 g/mol. The van der Waals surface area contributed by atoms with Crippen molar-refractivity contribution in [2.45, 2.75) is 25.0 Å². The summed E-state index contributed by atoms with van der Waals surface area (Å²) in [5, 5.41) is 24.8. The number of rotatable bonds is 10. The van der Waals surface area contributed by atoms with E-state index < -0.39 is 30.1 Å². The third-order valence-electron chi connectivity index (χ3n) is 6.74. The second-order valence-electron chi connectivity index (χ2n) is 9.77. The van der Waals surface area contributed by atoms with Crippen LogP contribution in [0.15, 0.2) is 65.7 Å². The standard InChI is InChI=1S/C29H30Cl2N6O5/c30-21-13-19(17-5-2-1-3-6-17)14-22(31)25(21)26(39)36-29(42,27(40)41)16-34-24(38)10-12-37-11-4-7-18-8-9-20(15-23(18)37)35-28(32)33/h1-3,5-6,8-9,13-15,42H,4,7,10-12,16H2,(H,34,38)(H,36,39)(H,40,41)(H4,32,33,35). The number of carboxylic acid groups (broad SMARTS) is 1. The Morgan fingerprint density at radius 2 is 1.69 bits per heavy atom.